The first-order chi connectivity index (χ1) is 7.45. The van der Waals surface area contributed by atoms with Gasteiger partial charge in [-0.1, -0.05) is 0 Å². The number of nitrogens with two attached hydrogens (primary N) is 1. The average molecular weight is 230 g/mol. The van der Waals surface area contributed by atoms with Crippen molar-refractivity contribution in [1.29, 1.82) is 0 Å². The highest BCUT2D eigenvalue weighted by Gasteiger charge is 2.17. The zero-order valence-electron chi connectivity index (χ0n) is 8.70. The largest absolute Gasteiger partial charge is 0.481 e. The fourth-order valence-corrected chi connectivity index (χ4v) is 1.41. The highest BCUT2D eigenvalue weighted by atomic mass is 19.3. The SMILES string of the molecule is Cc1nc(CN)c(C(F)F)cc1CC(=O)O. The molecule has 0 aliphatic rings. The summed E-state index contributed by atoms with van der Waals surface area (Å²) in [5.41, 5.74) is 5.84. The lowest BCUT2D eigenvalue weighted by atomic mass is 10.1. The zero-order chi connectivity index (χ0) is 12.3. The summed E-state index contributed by atoms with van der Waals surface area (Å²) in [6.45, 7) is 1.49. The summed E-state index contributed by atoms with van der Waals surface area (Å²) in [7, 11) is 0. The molecule has 0 aliphatic carbocycles. The van der Waals surface area contributed by atoms with E-state index in [-0.39, 0.29) is 24.2 Å². The highest BCUT2D eigenvalue weighted by Crippen LogP contribution is 2.24. The van der Waals surface area contributed by atoms with Crippen molar-refractivity contribution in [2.24, 2.45) is 5.73 Å². The number of carbonyl (C=O) groups is 1. The van der Waals surface area contributed by atoms with Crippen LogP contribution in [0.3, 0.4) is 0 Å². The van der Waals surface area contributed by atoms with E-state index in [4.69, 9.17) is 10.8 Å². The number of alkyl halides is 2. The lowest BCUT2D eigenvalue weighted by Gasteiger charge is -2.10. The third-order valence-corrected chi connectivity index (χ3v) is 2.20. The van der Waals surface area contributed by atoms with Crippen LogP contribution in [0.15, 0.2) is 6.07 Å². The fourth-order valence-electron chi connectivity index (χ4n) is 1.41. The van der Waals surface area contributed by atoms with Gasteiger partial charge in [0.1, 0.15) is 0 Å². The average Bonchev–Trinajstić information content (AvgIpc) is 2.19. The first-order valence-electron chi connectivity index (χ1n) is 4.65. The Morgan fingerprint density at radius 1 is 1.62 bits per heavy atom. The molecule has 0 aromatic carbocycles. The molecule has 88 valence electrons. The van der Waals surface area contributed by atoms with E-state index in [9.17, 15) is 13.6 Å². The fraction of sp³-hybridized carbons (Fsp3) is 0.400. The van der Waals surface area contributed by atoms with Crippen molar-refractivity contribution in [2.75, 3.05) is 0 Å². The molecule has 6 heteroatoms. The van der Waals surface area contributed by atoms with Crippen molar-refractivity contribution >= 4 is 5.97 Å². The monoisotopic (exact) mass is 230 g/mol. The standard InChI is InChI=1S/C10H12F2N2O2/c1-5-6(3-9(15)16)2-7(10(11)12)8(4-13)14-5/h2,10H,3-4,13H2,1H3,(H,15,16). The van der Waals surface area contributed by atoms with E-state index in [1.165, 1.54) is 6.07 Å². The molecule has 0 amide bonds. The van der Waals surface area contributed by atoms with Crippen LogP contribution in [-0.2, 0) is 17.8 Å². The van der Waals surface area contributed by atoms with E-state index < -0.39 is 12.4 Å². The van der Waals surface area contributed by atoms with E-state index in [0.29, 0.717) is 11.3 Å². The molecule has 4 nitrogen and oxygen atoms in total. The maximum Gasteiger partial charge on any atom is 0.307 e. The van der Waals surface area contributed by atoms with Crippen LogP contribution in [0.25, 0.3) is 0 Å². The summed E-state index contributed by atoms with van der Waals surface area (Å²) >= 11 is 0. The van der Waals surface area contributed by atoms with Gasteiger partial charge in [-0.05, 0) is 18.6 Å². The number of carboxylic acids is 1. The van der Waals surface area contributed by atoms with Gasteiger partial charge in [0.25, 0.3) is 6.43 Å². The van der Waals surface area contributed by atoms with Crippen LogP contribution in [0.2, 0.25) is 0 Å². The molecule has 0 spiro atoms. The van der Waals surface area contributed by atoms with Crippen LogP contribution >= 0.6 is 0 Å². The van der Waals surface area contributed by atoms with Crippen LogP contribution in [0.4, 0.5) is 8.78 Å². The molecule has 1 aromatic rings. The maximum absolute atomic E-state index is 12.6. The molecule has 0 aliphatic heterocycles. The number of rotatable bonds is 4. The van der Waals surface area contributed by atoms with Crippen molar-refractivity contribution < 1.29 is 18.7 Å². The van der Waals surface area contributed by atoms with Gasteiger partial charge in [-0.2, -0.15) is 0 Å². The van der Waals surface area contributed by atoms with Crippen LogP contribution < -0.4 is 5.73 Å². The summed E-state index contributed by atoms with van der Waals surface area (Å²) in [6, 6.07) is 1.17. The number of aryl methyl sites for hydroxylation is 1. The quantitative estimate of drug-likeness (QED) is 0.820. The van der Waals surface area contributed by atoms with Crippen LogP contribution in [-0.4, -0.2) is 16.1 Å². The second kappa shape index (κ2) is 4.98. The Labute approximate surface area is 91.1 Å². The van der Waals surface area contributed by atoms with Crippen molar-refractivity contribution in [3.05, 3.63) is 28.6 Å². The van der Waals surface area contributed by atoms with Gasteiger partial charge >= 0.3 is 5.97 Å². The van der Waals surface area contributed by atoms with Gasteiger partial charge in [0.15, 0.2) is 0 Å². The van der Waals surface area contributed by atoms with Gasteiger partial charge in [0, 0.05) is 17.8 Å². The molecular weight excluding hydrogens is 218 g/mol. The minimum Gasteiger partial charge on any atom is -0.481 e. The van der Waals surface area contributed by atoms with Crippen molar-refractivity contribution in [3.8, 4) is 0 Å². The topological polar surface area (TPSA) is 76.2 Å². The van der Waals surface area contributed by atoms with Crippen LogP contribution in [0, 0.1) is 6.92 Å². The molecule has 0 fully saturated rings. The number of pyridine rings is 1. The molecule has 1 heterocycles. The Hall–Kier alpha value is -1.56. The molecule has 0 saturated heterocycles. The third-order valence-electron chi connectivity index (χ3n) is 2.20. The number of halogens is 2. The van der Waals surface area contributed by atoms with E-state index in [1.54, 1.807) is 6.92 Å². The van der Waals surface area contributed by atoms with Crippen molar-refractivity contribution in [2.45, 2.75) is 26.3 Å². The van der Waals surface area contributed by atoms with Gasteiger partial charge < -0.3 is 10.8 Å². The number of aromatic nitrogens is 1. The third kappa shape index (κ3) is 2.73. The zero-order valence-corrected chi connectivity index (χ0v) is 8.70. The summed E-state index contributed by atoms with van der Waals surface area (Å²) in [4.78, 5) is 14.4. The Morgan fingerprint density at radius 3 is 2.69 bits per heavy atom. The van der Waals surface area contributed by atoms with Gasteiger partial charge in [-0.25, -0.2) is 8.78 Å². The summed E-state index contributed by atoms with van der Waals surface area (Å²) in [5, 5.41) is 8.61. The predicted molar refractivity (Wildman–Crippen MR) is 53.2 cm³/mol. The number of nitrogens with zero attached hydrogens (tertiary/aromatic N) is 1. The van der Waals surface area contributed by atoms with Crippen LogP contribution in [0.5, 0.6) is 0 Å². The smallest absolute Gasteiger partial charge is 0.307 e. The first kappa shape index (κ1) is 12.5. The van der Waals surface area contributed by atoms with Crippen molar-refractivity contribution in [3.63, 3.8) is 0 Å². The molecule has 16 heavy (non-hydrogen) atoms. The normalized spacial score (nSPS) is 10.8. The van der Waals surface area contributed by atoms with E-state index in [0.717, 1.165) is 0 Å². The number of carboxylic acid groups (broad SMARTS) is 1. The summed E-state index contributed by atoms with van der Waals surface area (Å²) in [5.74, 6) is -1.08. The Bertz CT molecular complexity index is 408. The van der Waals surface area contributed by atoms with Gasteiger partial charge in [0.2, 0.25) is 0 Å². The highest BCUT2D eigenvalue weighted by molar-refractivity contribution is 5.70. The van der Waals surface area contributed by atoms with E-state index >= 15 is 0 Å². The lowest BCUT2D eigenvalue weighted by molar-refractivity contribution is -0.136. The first-order valence-corrected chi connectivity index (χ1v) is 4.65. The predicted octanol–water partition coefficient (Wildman–Crippen LogP) is 1.41. The summed E-state index contributed by atoms with van der Waals surface area (Å²) in [6.07, 6.45) is -3.01. The van der Waals surface area contributed by atoms with E-state index in [1.807, 2.05) is 0 Å². The maximum atomic E-state index is 12.6. The van der Waals surface area contributed by atoms with Crippen molar-refractivity contribution in [1.82, 2.24) is 4.98 Å². The minimum absolute atomic E-state index is 0.0894. The Kier molecular flexibility index (Phi) is 3.89. The molecule has 0 radical (unpaired) electrons. The molecule has 0 unspecified atom stereocenters. The number of aliphatic carboxylic acids is 1. The van der Waals surface area contributed by atoms with Gasteiger partial charge in [-0.15, -0.1) is 0 Å². The molecular formula is C10H12F2N2O2. The molecule has 1 aromatic heterocycles. The van der Waals surface area contributed by atoms with Gasteiger partial charge in [0.05, 0.1) is 12.1 Å². The molecule has 1 rings (SSSR count). The Morgan fingerprint density at radius 2 is 2.25 bits per heavy atom. The number of hydrogen-bond acceptors (Lipinski definition) is 3. The Balaban J connectivity index is 3.21. The lowest BCUT2D eigenvalue weighted by Crippen LogP contribution is -2.10. The second-order valence-electron chi connectivity index (χ2n) is 3.34. The molecule has 0 atom stereocenters. The van der Waals surface area contributed by atoms with E-state index in [2.05, 4.69) is 4.98 Å². The molecule has 3 N–H and O–H groups in total. The van der Waals surface area contributed by atoms with Gasteiger partial charge in [-0.3, -0.25) is 9.78 Å². The number of hydrogen-bond donors (Lipinski definition) is 2. The summed E-state index contributed by atoms with van der Waals surface area (Å²) < 4.78 is 25.2. The second-order valence-corrected chi connectivity index (χ2v) is 3.34. The minimum atomic E-state index is -2.70. The molecule has 0 bridgehead atoms. The van der Waals surface area contributed by atoms with Crippen LogP contribution in [0.1, 0.15) is 28.9 Å². The molecule has 0 saturated carbocycles.